The summed E-state index contributed by atoms with van der Waals surface area (Å²) in [5.41, 5.74) is 0.00240. The van der Waals surface area contributed by atoms with Gasteiger partial charge in [0.15, 0.2) is 5.96 Å². The normalized spacial score (nSPS) is 11.7. The molecule has 0 aliphatic heterocycles. The first-order valence-corrected chi connectivity index (χ1v) is 7.52. The zero-order valence-corrected chi connectivity index (χ0v) is 16.6. The van der Waals surface area contributed by atoms with Gasteiger partial charge in [-0.15, -0.1) is 24.0 Å². The van der Waals surface area contributed by atoms with Gasteiger partial charge >= 0.3 is 12.1 Å². The molecule has 0 saturated carbocycles. The number of carbonyl (C=O) groups is 1. The maximum atomic E-state index is 12.5. The molecule has 0 aliphatic rings. The van der Waals surface area contributed by atoms with Crippen LogP contribution < -0.4 is 10.6 Å². The van der Waals surface area contributed by atoms with Crippen LogP contribution >= 0.6 is 24.0 Å². The molecule has 0 heterocycles. The number of rotatable bonds is 6. The molecular formula is C16H23F3IN3O2. The molecule has 0 atom stereocenters. The van der Waals surface area contributed by atoms with Crippen LogP contribution in [0.5, 0.6) is 0 Å². The minimum atomic E-state index is -4.34. The van der Waals surface area contributed by atoms with Gasteiger partial charge in [-0.2, -0.15) is 13.2 Å². The maximum Gasteiger partial charge on any atom is 0.416 e. The average Bonchev–Trinajstić information content (AvgIpc) is 2.49. The molecule has 0 aliphatic carbocycles. The molecule has 0 spiro atoms. The third-order valence-corrected chi connectivity index (χ3v) is 2.95. The quantitative estimate of drug-likeness (QED) is 0.288. The summed E-state index contributed by atoms with van der Waals surface area (Å²) < 4.78 is 42.5. The van der Waals surface area contributed by atoms with Gasteiger partial charge in [0.25, 0.3) is 0 Å². The maximum absolute atomic E-state index is 12.5. The highest BCUT2D eigenvalue weighted by Gasteiger charge is 2.29. The number of carbonyl (C=O) groups excluding carboxylic acids is 1. The molecule has 1 aromatic rings. The number of ether oxygens (including phenoxy) is 1. The zero-order valence-electron chi connectivity index (χ0n) is 14.3. The molecule has 0 bridgehead atoms. The van der Waals surface area contributed by atoms with Gasteiger partial charge in [0.2, 0.25) is 0 Å². The number of esters is 1. The number of hydrogen-bond donors (Lipinski definition) is 2. The second kappa shape index (κ2) is 11.2. The van der Waals surface area contributed by atoms with Crippen molar-refractivity contribution >= 4 is 35.9 Å². The van der Waals surface area contributed by atoms with Gasteiger partial charge in [-0.25, -0.2) is 0 Å². The number of halogens is 4. The Morgan fingerprint density at radius 1 is 1.20 bits per heavy atom. The molecule has 9 heteroatoms. The highest BCUT2D eigenvalue weighted by atomic mass is 127. The van der Waals surface area contributed by atoms with Crippen LogP contribution in [0.1, 0.15) is 31.4 Å². The number of guanidine groups is 1. The summed E-state index contributed by atoms with van der Waals surface area (Å²) in [4.78, 5) is 15.4. The molecule has 2 N–H and O–H groups in total. The molecule has 1 rings (SSSR count). The van der Waals surface area contributed by atoms with Crippen LogP contribution in [0.25, 0.3) is 0 Å². The van der Waals surface area contributed by atoms with Gasteiger partial charge in [0.1, 0.15) is 0 Å². The van der Waals surface area contributed by atoms with E-state index in [1.54, 1.807) is 20.9 Å². The lowest BCUT2D eigenvalue weighted by Crippen LogP contribution is -2.38. The Balaban J connectivity index is 0.00000576. The van der Waals surface area contributed by atoms with E-state index in [0.29, 0.717) is 24.6 Å². The molecule has 0 radical (unpaired) electrons. The summed E-state index contributed by atoms with van der Waals surface area (Å²) in [5, 5.41) is 5.90. The topological polar surface area (TPSA) is 62.7 Å². The van der Waals surface area contributed by atoms with Crippen molar-refractivity contribution in [1.29, 1.82) is 0 Å². The van der Waals surface area contributed by atoms with Gasteiger partial charge < -0.3 is 15.4 Å². The Morgan fingerprint density at radius 2 is 1.80 bits per heavy atom. The Bertz CT molecular complexity index is 561. The average molecular weight is 473 g/mol. The minimum absolute atomic E-state index is 0. The largest absolute Gasteiger partial charge is 0.463 e. The number of alkyl halides is 3. The highest BCUT2D eigenvalue weighted by Crippen LogP contribution is 2.28. The Hall–Kier alpha value is -1.52. The van der Waals surface area contributed by atoms with Crippen LogP contribution in [0.2, 0.25) is 0 Å². The van der Waals surface area contributed by atoms with E-state index >= 15 is 0 Å². The van der Waals surface area contributed by atoms with Gasteiger partial charge in [-0.05, 0) is 31.5 Å². The van der Waals surface area contributed by atoms with Gasteiger partial charge in [0, 0.05) is 20.1 Å². The molecule has 142 valence electrons. The fourth-order valence-corrected chi connectivity index (χ4v) is 1.82. The summed E-state index contributed by atoms with van der Waals surface area (Å²) >= 11 is 0. The SMILES string of the molecule is CN=C(NCCC(=O)OC(C)C)NCc1ccc(C(F)(F)F)cc1.I. The van der Waals surface area contributed by atoms with Crippen molar-refractivity contribution in [2.75, 3.05) is 13.6 Å². The molecular weight excluding hydrogens is 450 g/mol. The van der Waals surface area contributed by atoms with Crippen LogP contribution in [0.15, 0.2) is 29.3 Å². The van der Waals surface area contributed by atoms with E-state index < -0.39 is 11.7 Å². The van der Waals surface area contributed by atoms with Crippen LogP contribution in [0.4, 0.5) is 13.2 Å². The fourth-order valence-electron chi connectivity index (χ4n) is 1.82. The molecule has 0 amide bonds. The van der Waals surface area contributed by atoms with E-state index in [9.17, 15) is 18.0 Å². The molecule has 0 fully saturated rings. The molecule has 0 aromatic heterocycles. The van der Waals surface area contributed by atoms with Crippen molar-refractivity contribution in [3.05, 3.63) is 35.4 Å². The molecule has 1 aromatic carbocycles. The summed E-state index contributed by atoms with van der Waals surface area (Å²) in [7, 11) is 1.56. The summed E-state index contributed by atoms with van der Waals surface area (Å²) in [6.07, 6.45) is -4.30. The summed E-state index contributed by atoms with van der Waals surface area (Å²) in [6.45, 7) is 4.21. The van der Waals surface area contributed by atoms with Gasteiger partial charge in [0.05, 0.1) is 18.1 Å². The third-order valence-electron chi connectivity index (χ3n) is 2.95. The predicted molar refractivity (Wildman–Crippen MR) is 101 cm³/mol. The lowest BCUT2D eigenvalue weighted by atomic mass is 10.1. The van der Waals surface area contributed by atoms with Gasteiger partial charge in [-0.3, -0.25) is 9.79 Å². The lowest BCUT2D eigenvalue weighted by molar-refractivity contribution is -0.147. The minimum Gasteiger partial charge on any atom is -0.463 e. The van der Waals surface area contributed by atoms with E-state index in [0.717, 1.165) is 12.1 Å². The van der Waals surface area contributed by atoms with Crippen molar-refractivity contribution in [3.8, 4) is 0 Å². The van der Waals surface area contributed by atoms with Crippen molar-refractivity contribution in [2.24, 2.45) is 4.99 Å². The number of hydrogen-bond acceptors (Lipinski definition) is 3. The van der Waals surface area contributed by atoms with E-state index in [2.05, 4.69) is 15.6 Å². The Morgan fingerprint density at radius 3 is 2.28 bits per heavy atom. The Kier molecular flexibility index (Phi) is 10.5. The van der Waals surface area contributed by atoms with Crippen molar-refractivity contribution in [1.82, 2.24) is 10.6 Å². The highest BCUT2D eigenvalue weighted by molar-refractivity contribution is 14.0. The number of aliphatic imine (C=N–C) groups is 1. The first-order chi connectivity index (χ1) is 11.2. The standard InChI is InChI=1S/C16H22F3N3O2.HI/c1-11(2)24-14(23)8-9-21-15(20-3)22-10-12-4-6-13(7-5-12)16(17,18)19;/h4-7,11H,8-10H2,1-3H3,(H2,20,21,22);1H. The third kappa shape index (κ3) is 9.51. The Labute approximate surface area is 162 Å². The second-order valence-electron chi connectivity index (χ2n) is 5.34. The fraction of sp³-hybridized carbons (Fsp3) is 0.500. The second-order valence-corrected chi connectivity index (χ2v) is 5.34. The summed E-state index contributed by atoms with van der Waals surface area (Å²) in [5.74, 6) is 0.142. The van der Waals surface area contributed by atoms with E-state index in [4.69, 9.17) is 4.74 Å². The van der Waals surface area contributed by atoms with E-state index in [1.165, 1.54) is 12.1 Å². The first-order valence-electron chi connectivity index (χ1n) is 7.52. The van der Waals surface area contributed by atoms with Crippen molar-refractivity contribution < 1.29 is 22.7 Å². The van der Waals surface area contributed by atoms with Crippen molar-refractivity contribution in [2.45, 2.75) is 39.1 Å². The zero-order chi connectivity index (χ0) is 18.2. The van der Waals surface area contributed by atoms with Crippen LogP contribution in [0.3, 0.4) is 0 Å². The van der Waals surface area contributed by atoms with E-state index in [-0.39, 0.29) is 42.5 Å². The van der Waals surface area contributed by atoms with Crippen LogP contribution in [-0.4, -0.2) is 31.6 Å². The lowest BCUT2D eigenvalue weighted by Gasteiger charge is -2.13. The monoisotopic (exact) mass is 473 g/mol. The smallest absolute Gasteiger partial charge is 0.416 e. The molecule has 5 nitrogen and oxygen atoms in total. The molecule has 0 unspecified atom stereocenters. The number of benzene rings is 1. The van der Waals surface area contributed by atoms with Crippen molar-refractivity contribution in [3.63, 3.8) is 0 Å². The van der Waals surface area contributed by atoms with Crippen LogP contribution in [-0.2, 0) is 22.3 Å². The summed E-state index contributed by atoms with van der Waals surface area (Å²) in [6, 6.07) is 4.89. The predicted octanol–water partition coefficient (Wildman–Crippen LogP) is 3.33. The first kappa shape index (κ1) is 23.5. The van der Waals surface area contributed by atoms with Crippen LogP contribution in [0, 0.1) is 0 Å². The molecule has 25 heavy (non-hydrogen) atoms. The van der Waals surface area contributed by atoms with E-state index in [1.807, 2.05) is 0 Å². The molecule has 0 saturated heterocycles. The number of nitrogens with zero attached hydrogens (tertiary/aromatic N) is 1. The number of nitrogens with one attached hydrogen (secondary N) is 2. The van der Waals surface area contributed by atoms with Gasteiger partial charge in [-0.1, -0.05) is 12.1 Å².